The van der Waals surface area contributed by atoms with Crippen molar-refractivity contribution < 1.29 is 9.13 Å². The Hall–Kier alpha value is -0.350. The van der Waals surface area contributed by atoms with E-state index in [1.165, 1.54) is 12.1 Å². The van der Waals surface area contributed by atoms with Crippen molar-refractivity contribution in [2.45, 2.75) is 38.5 Å². The quantitative estimate of drug-likeness (QED) is 0.791. The Balaban J connectivity index is 2.27. The van der Waals surface area contributed by atoms with Gasteiger partial charge in [-0.05, 0) is 32.4 Å². The summed E-state index contributed by atoms with van der Waals surface area (Å²) in [6.07, 6.45) is 0.781. The monoisotopic (exact) mass is 291 g/mol. The van der Waals surface area contributed by atoms with E-state index in [9.17, 15) is 4.39 Å². The minimum absolute atomic E-state index is 0.0340. The molecule has 0 aliphatic carbocycles. The molecule has 0 bridgehead atoms. The van der Waals surface area contributed by atoms with Crippen LogP contribution in [0.5, 0.6) is 0 Å². The van der Waals surface area contributed by atoms with Gasteiger partial charge in [0.2, 0.25) is 0 Å². The van der Waals surface area contributed by atoms with E-state index in [-0.39, 0.29) is 17.2 Å². The van der Waals surface area contributed by atoms with Crippen LogP contribution in [0.1, 0.15) is 31.9 Å². The molecular weight excluding hydrogens is 276 g/mol. The van der Waals surface area contributed by atoms with Gasteiger partial charge in [-0.3, -0.25) is 0 Å². The molecular formula is C13H16Cl2FNO. The average molecular weight is 292 g/mol. The van der Waals surface area contributed by atoms with Crippen LogP contribution in [-0.2, 0) is 4.74 Å². The molecule has 1 N–H and O–H groups in total. The Morgan fingerprint density at radius 3 is 2.72 bits per heavy atom. The van der Waals surface area contributed by atoms with Gasteiger partial charge in [0.15, 0.2) is 0 Å². The van der Waals surface area contributed by atoms with Crippen LogP contribution in [0, 0.1) is 5.82 Å². The van der Waals surface area contributed by atoms with Crippen LogP contribution in [0.2, 0.25) is 10.0 Å². The fourth-order valence-corrected chi connectivity index (χ4v) is 2.75. The van der Waals surface area contributed by atoms with Crippen molar-refractivity contribution in [2.24, 2.45) is 0 Å². The van der Waals surface area contributed by atoms with Crippen molar-refractivity contribution in [3.05, 3.63) is 33.6 Å². The Kier molecular flexibility index (Phi) is 4.49. The maximum absolute atomic E-state index is 13.5. The third-order valence-corrected chi connectivity index (χ3v) is 3.74. The molecule has 0 saturated carbocycles. The normalized spacial score (nSPS) is 29.1. The third-order valence-electron chi connectivity index (χ3n) is 3.12. The number of benzene rings is 1. The number of halogens is 3. The van der Waals surface area contributed by atoms with Crippen LogP contribution in [0.4, 0.5) is 4.39 Å². The van der Waals surface area contributed by atoms with Gasteiger partial charge in [-0.1, -0.05) is 23.2 Å². The second-order valence-electron chi connectivity index (χ2n) is 4.77. The molecule has 1 aliphatic heterocycles. The van der Waals surface area contributed by atoms with E-state index in [0.717, 1.165) is 6.42 Å². The summed E-state index contributed by atoms with van der Waals surface area (Å²) in [7, 11) is 0. The summed E-state index contributed by atoms with van der Waals surface area (Å²) < 4.78 is 19.4. The second kappa shape index (κ2) is 5.74. The topological polar surface area (TPSA) is 21.3 Å². The van der Waals surface area contributed by atoms with Gasteiger partial charge in [0, 0.05) is 23.2 Å². The highest BCUT2D eigenvalue weighted by Gasteiger charge is 2.24. The van der Waals surface area contributed by atoms with Crippen molar-refractivity contribution >= 4 is 23.2 Å². The average Bonchev–Trinajstić information content (AvgIpc) is 2.45. The number of nitrogens with one attached hydrogen (secondary N) is 1. The van der Waals surface area contributed by atoms with E-state index in [0.29, 0.717) is 23.2 Å². The van der Waals surface area contributed by atoms with E-state index in [4.69, 9.17) is 27.9 Å². The molecule has 3 atom stereocenters. The van der Waals surface area contributed by atoms with Crippen LogP contribution < -0.4 is 5.32 Å². The molecule has 1 heterocycles. The molecule has 5 heteroatoms. The zero-order valence-corrected chi connectivity index (χ0v) is 11.9. The molecule has 2 rings (SSSR count). The number of rotatable bonds is 1. The highest BCUT2D eigenvalue weighted by atomic mass is 35.5. The van der Waals surface area contributed by atoms with Crippen LogP contribution in [0.3, 0.4) is 0 Å². The zero-order chi connectivity index (χ0) is 13.3. The molecule has 1 saturated heterocycles. The number of ether oxygens (including phenoxy) is 1. The highest BCUT2D eigenvalue weighted by molar-refractivity contribution is 6.35. The summed E-state index contributed by atoms with van der Waals surface area (Å²) >= 11 is 11.8. The predicted molar refractivity (Wildman–Crippen MR) is 71.8 cm³/mol. The Morgan fingerprint density at radius 2 is 2.00 bits per heavy atom. The minimum atomic E-state index is -0.468. The molecule has 1 aromatic carbocycles. The van der Waals surface area contributed by atoms with Crippen LogP contribution in [0.15, 0.2) is 12.1 Å². The molecule has 0 radical (unpaired) electrons. The van der Waals surface area contributed by atoms with Gasteiger partial charge in [-0.25, -0.2) is 4.39 Å². The van der Waals surface area contributed by atoms with Gasteiger partial charge >= 0.3 is 0 Å². The summed E-state index contributed by atoms with van der Waals surface area (Å²) in [4.78, 5) is 0. The molecule has 1 aromatic rings. The molecule has 100 valence electrons. The van der Waals surface area contributed by atoms with E-state index in [2.05, 4.69) is 12.2 Å². The van der Waals surface area contributed by atoms with Crippen molar-refractivity contribution in [3.63, 3.8) is 0 Å². The van der Waals surface area contributed by atoms with E-state index < -0.39 is 5.82 Å². The fraction of sp³-hybridized carbons (Fsp3) is 0.538. The smallest absolute Gasteiger partial charge is 0.142 e. The molecule has 1 aliphatic rings. The van der Waals surface area contributed by atoms with Crippen LogP contribution in [0.25, 0.3) is 0 Å². The third kappa shape index (κ3) is 3.15. The minimum Gasteiger partial charge on any atom is -0.369 e. The van der Waals surface area contributed by atoms with Gasteiger partial charge in [-0.2, -0.15) is 0 Å². The number of hydrogen-bond acceptors (Lipinski definition) is 2. The Morgan fingerprint density at radius 1 is 1.28 bits per heavy atom. The molecule has 2 nitrogen and oxygen atoms in total. The molecule has 0 amide bonds. The van der Waals surface area contributed by atoms with E-state index >= 15 is 0 Å². The largest absolute Gasteiger partial charge is 0.369 e. The SMILES string of the molecule is CC1CC(C)OC(c2cc(F)c(Cl)cc2Cl)CN1. The Labute approximate surface area is 116 Å². The highest BCUT2D eigenvalue weighted by Crippen LogP contribution is 2.32. The standard InChI is InChI=1S/C13H16Cl2FNO/c1-7-3-8(2)18-13(6-17-7)9-4-12(16)11(15)5-10(9)14/h4-5,7-8,13,17H,3,6H2,1-2H3. The van der Waals surface area contributed by atoms with E-state index in [1.54, 1.807) is 0 Å². The summed E-state index contributed by atoms with van der Waals surface area (Å²) in [6.45, 7) is 4.73. The summed E-state index contributed by atoms with van der Waals surface area (Å²) in [5.74, 6) is -0.468. The lowest BCUT2D eigenvalue weighted by molar-refractivity contribution is 0.00709. The lowest BCUT2D eigenvalue weighted by Crippen LogP contribution is -2.28. The second-order valence-corrected chi connectivity index (χ2v) is 5.58. The molecule has 3 unspecified atom stereocenters. The summed E-state index contributed by atoms with van der Waals surface area (Å²) in [5, 5.41) is 3.82. The van der Waals surface area contributed by atoms with Crippen LogP contribution in [-0.4, -0.2) is 18.7 Å². The summed E-state index contributed by atoms with van der Waals surface area (Å²) in [5.41, 5.74) is 0.645. The first kappa shape index (κ1) is 14.1. The van der Waals surface area contributed by atoms with Gasteiger partial charge in [-0.15, -0.1) is 0 Å². The van der Waals surface area contributed by atoms with Gasteiger partial charge in [0.25, 0.3) is 0 Å². The molecule has 0 aromatic heterocycles. The first-order chi connectivity index (χ1) is 8.47. The maximum Gasteiger partial charge on any atom is 0.142 e. The van der Waals surface area contributed by atoms with Crippen molar-refractivity contribution in [3.8, 4) is 0 Å². The predicted octanol–water partition coefficient (Wildman–Crippen LogP) is 3.96. The van der Waals surface area contributed by atoms with Crippen LogP contribution >= 0.6 is 23.2 Å². The fourth-order valence-electron chi connectivity index (χ4n) is 2.24. The number of hydrogen-bond donors (Lipinski definition) is 1. The lowest BCUT2D eigenvalue weighted by Gasteiger charge is -2.20. The van der Waals surface area contributed by atoms with Crippen molar-refractivity contribution in [1.29, 1.82) is 0 Å². The Bertz CT molecular complexity index is 441. The maximum atomic E-state index is 13.5. The molecule has 18 heavy (non-hydrogen) atoms. The first-order valence-electron chi connectivity index (χ1n) is 6.00. The molecule has 1 fully saturated rings. The summed E-state index contributed by atoms with van der Waals surface area (Å²) in [6, 6.07) is 3.16. The zero-order valence-electron chi connectivity index (χ0n) is 10.3. The van der Waals surface area contributed by atoms with Gasteiger partial charge in [0.05, 0.1) is 17.2 Å². The molecule has 0 spiro atoms. The van der Waals surface area contributed by atoms with Gasteiger partial charge < -0.3 is 10.1 Å². The first-order valence-corrected chi connectivity index (χ1v) is 6.76. The van der Waals surface area contributed by atoms with E-state index in [1.807, 2.05) is 6.92 Å². The van der Waals surface area contributed by atoms with Crippen molar-refractivity contribution in [2.75, 3.05) is 6.54 Å². The van der Waals surface area contributed by atoms with Gasteiger partial charge in [0.1, 0.15) is 5.82 Å². The van der Waals surface area contributed by atoms with Crippen molar-refractivity contribution in [1.82, 2.24) is 5.32 Å². The lowest BCUT2D eigenvalue weighted by atomic mass is 10.1.